The molecule has 1 aromatic carbocycles. The molecule has 1 fully saturated rings. The van der Waals surface area contributed by atoms with Gasteiger partial charge in [0.15, 0.2) is 5.57 Å². The molecule has 1 heterocycles. The van der Waals surface area contributed by atoms with Crippen molar-refractivity contribution in [3.63, 3.8) is 0 Å². The minimum Gasteiger partial charge on any atom is -0.493 e. The first-order valence-electron chi connectivity index (χ1n) is 7.43. The highest BCUT2D eigenvalue weighted by atomic mass is 16.7. The van der Waals surface area contributed by atoms with Crippen LogP contribution in [0.15, 0.2) is 36.0 Å². The maximum atomic E-state index is 11.8. The number of benzene rings is 1. The minimum atomic E-state index is -1.24. The molecule has 1 aliphatic heterocycles. The summed E-state index contributed by atoms with van der Waals surface area (Å²) in [6, 6.07) is 7.19. The second-order valence-electron chi connectivity index (χ2n) is 6.11. The van der Waals surface area contributed by atoms with Crippen LogP contribution in [0.1, 0.15) is 27.7 Å². The highest BCUT2D eigenvalue weighted by molar-refractivity contribution is 6.15. The summed E-state index contributed by atoms with van der Waals surface area (Å²) in [5, 5.41) is 2.88. The quantitative estimate of drug-likeness (QED) is 0.511. The molecular formula is C17H21NO5. The molecule has 0 bridgehead atoms. The van der Waals surface area contributed by atoms with Gasteiger partial charge in [-0.15, -0.1) is 0 Å². The fourth-order valence-electron chi connectivity index (χ4n) is 1.84. The van der Waals surface area contributed by atoms with Crippen molar-refractivity contribution >= 4 is 17.6 Å². The molecule has 124 valence electrons. The molecule has 0 aliphatic carbocycles. The third kappa shape index (κ3) is 4.74. The van der Waals surface area contributed by atoms with Crippen molar-refractivity contribution in [1.29, 1.82) is 0 Å². The highest BCUT2D eigenvalue weighted by Gasteiger charge is 2.38. The van der Waals surface area contributed by atoms with Crippen LogP contribution in [0.25, 0.3) is 0 Å². The fraction of sp³-hybridized carbons (Fsp3) is 0.412. The maximum Gasteiger partial charge on any atom is 0.350 e. The smallest absolute Gasteiger partial charge is 0.350 e. The van der Waals surface area contributed by atoms with Crippen molar-refractivity contribution in [2.75, 3.05) is 11.9 Å². The molecular weight excluding hydrogens is 298 g/mol. The number of esters is 2. The van der Waals surface area contributed by atoms with E-state index in [9.17, 15) is 9.59 Å². The second kappa shape index (κ2) is 6.73. The zero-order valence-corrected chi connectivity index (χ0v) is 13.7. The van der Waals surface area contributed by atoms with Crippen LogP contribution >= 0.6 is 0 Å². The van der Waals surface area contributed by atoms with Crippen molar-refractivity contribution in [2.45, 2.75) is 33.5 Å². The van der Waals surface area contributed by atoms with Crippen molar-refractivity contribution in [3.05, 3.63) is 36.0 Å². The molecule has 0 atom stereocenters. The fourth-order valence-corrected chi connectivity index (χ4v) is 1.84. The molecule has 1 saturated heterocycles. The van der Waals surface area contributed by atoms with Crippen LogP contribution in [0.2, 0.25) is 0 Å². The van der Waals surface area contributed by atoms with Gasteiger partial charge in [-0.05, 0) is 30.2 Å². The van der Waals surface area contributed by atoms with E-state index in [2.05, 4.69) is 19.2 Å². The third-order valence-corrected chi connectivity index (χ3v) is 2.94. The molecule has 23 heavy (non-hydrogen) atoms. The van der Waals surface area contributed by atoms with Gasteiger partial charge in [-0.1, -0.05) is 13.8 Å². The van der Waals surface area contributed by atoms with Gasteiger partial charge < -0.3 is 19.5 Å². The van der Waals surface area contributed by atoms with Crippen molar-refractivity contribution in [2.24, 2.45) is 5.92 Å². The normalized spacial score (nSPS) is 16.7. The van der Waals surface area contributed by atoms with Crippen LogP contribution in [0.3, 0.4) is 0 Å². The Morgan fingerprint density at radius 1 is 1.13 bits per heavy atom. The van der Waals surface area contributed by atoms with Gasteiger partial charge in [0.2, 0.25) is 0 Å². The van der Waals surface area contributed by atoms with Crippen molar-refractivity contribution in [3.8, 4) is 5.75 Å². The van der Waals surface area contributed by atoms with Gasteiger partial charge >= 0.3 is 11.9 Å². The summed E-state index contributed by atoms with van der Waals surface area (Å²) in [4.78, 5) is 23.6. The summed E-state index contributed by atoms with van der Waals surface area (Å²) in [5.74, 6) is -1.45. The van der Waals surface area contributed by atoms with Gasteiger partial charge in [-0.2, -0.15) is 0 Å². The largest absolute Gasteiger partial charge is 0.493 e. The molecule has 2 rings (SSSR count). The van der Waals surface area contributed by atoms with E-state index in [-0.39, 0.29) is 5.57 Å². The number of anilines is 1. The first kappa shape index (κ1) is 16.9. The Labute approximate surface area is 135 Å². The zero-order valence-electron chi connectivity index (χ0n) is 13.7. The monoisotopic (exact) mass is 319 g/mol. The number of hydrogen-bond acceptors (Lipinski definition) is 6. The molecule has 0 unspecified atom stereocenters. The predicted molar refractivity (Wildman–Crippen MR) is 84.7 cm³/mol. The number of hydrogen-bond donors (Lipinski definition) is 1. The van der Waals surface area contributed by atoms with E-state index < -0.39 is 17.7 Å². The lowest BCUT2D eigenvalue weighted by atomic mass is 10.2. The standard InChI is InChI=1S/C17H21NO5/c1-11(2)10-21-13-7-5-12(6-8-13)18-9-14-15(19)22-17(3,4)23-16(14)20/h5-9,11,18H,10H2,1-4H3. The van der Waals surface area contributed by atoms with E-state index >= 15 is 0 Å². The van der Waals surface area contributed by atoms with E-state index in [4.69, 9.17) is 14.2 Å². The number of carbonyl (C=O) groups is 2. The number of ether oxygens (including phenoxy) is 3. The minimum absolute atomic E-state index is 0.176. The Kier molecular flexibility index (Phi) is 4.93. The summed E-state index contributed by atoms with van der Waals surface area (Å²) in [7, 11) is 0. The lowest BCUT2D eigenvalue weighted by Gasteiger charge is -2.29. The number of carbonyl (C=O) groups excluding carboxylic acids is 2. The van der Waals surface area contributed by atoms with Crippen LogP contribution in [0.4, 0.5) is 5.69 Å². The average molecular weight is 319 g/mol. The van der Waals surface area contributed by atoms with Gasteiger partial charge in [-0.25, -0.2) is 9.59 Å². The first-order chi connectivity index (χ1) is 10.8. The lowest BCUT2D eigenvalue weighted by Crippen LogP contribution is -2.42. The zero-order chi connectivity index (χ0) is 17.0. The van der Waals surface area contributed by atoms with Gasteiger partial charge in [0.1, 0.15) is 5.75 Å². The van der Waals surface area contributed by atoms with Crippen LogP contribution in [0, 0.1) is 5.92 Å². The number of cyclic esters (lactones) is 2. The Hall–Kier alpha value is -2.50. The summed E-state index contributed by atoms with van der Waals surface area (Å²) < 4.78 is 15.6. The van der Waals surface area contributed by atoms with Crippen molar-refractivity contribution < 1.29 is 23.8 Å². The topological polar surface area (TPSA) is 73.9 Å². The average Bonchev–Trinajstić information content (AvgIpc) is 2.44. The SMILES string of the molecule is CC(C)COc1ccc(NC=C2C(=O)OC(C)(C)OC2=O)cc1. The Bertz CT molecular complexity index is 594. The van der Waals surface area contributed by atoms with Gasteiger partial charge in [0.25, 0.3) is 5.79 Å². The first-order valence-corrected chi connectivity index (χ1v) is 7.43. The van der Waals surface area contributed by atoms with E-state index in [1.807, 2.05) is 12.1 Å². The molecule has 6 heteroatoms. The lowest BCUT2D eigenvalue weighted by molar-refractivity contribution is -0.222. The molecule has 6 nitrogen and oxygen atoms in total. The number of nitrogens with one attached hydrogen (secondary N) is 1. The van der Waals surface area contributed by atoms with Crippen molar-refractivity contribution in [1.82, 2.24) is 0 Å². The van der Waals surface area contributed by atoms with Gasteiger partial charge in [0.05, 0.1) is 6.61 Å². The van der Waals surface area contributed by atoms with Crippen LogP contribution in [-0.4, -0.2) is 24.3 Å². The van der Waals surface area contributed by atoms with Crippen LogP contribution in [-0.2, 0) is 19.1 Å². The Morgan fingerprint density at radius 2 is 1.70 bits per heavy atom. The van der Waals surface area contributed by atoms with Gasteiger partial charge in [0, 0.05) is 25.7 Å². The summed E-state index contributed by atoms with van der Waals surface area (Å²) in [6.07, 6.45) is 1.28. The molecule has 1 aliphatic rings. The summed E-state index contributed by atoms with van der Waals surface area (Å²) in [6.45, 7) is 7.80. The molecule has 0 amide bonds. The summed E-state index contributed by atoms with van der Waals surface area (Å²) in [5.41, 5.74) is 0.532. The van der Waals surface area contributed by atoms with E-state index in [1.54, 1.807) is 12.1 Å². The van der Waals surface area contributed by atoms with E-state index in [1.165, 1.54) is 20.0 Å². The molecule has 1 N–H and O–H groups in total. The Balaban J connectivity index is 1.99. The van der Waals surface area contributed by atoms with Crippen LogP contribution in [0.5, 0.6) is 5.75 Å². The molecule has 0 radical (unpaired) electrons. The second-order valence-corrected chi connectivity index (χ2v) is 6.11. The maximum absolute atomic E-state index is 11.8. The predicted octanol–water partition coefficient (Wildman–Crippen LogP) is 2.85. The molecule has 1 aromatic rings. The number of rotatable bonds is 5. The molecule has 0 spiro atoms. The Morgan fingerprint density at radius 3 is 2.22 bits per heavy atom. The van der Waals surface area contributed by atoms with Crippen LogP contribution < -0.4 is 10.1 Å². The van der Waals surface area contributed by atoms with Gasteiger partial charge in [-0.3, -0.25) is 0 Å². The third-order valence-electron chi connectivity index (χ3n) is 2.94. The molecule has 0 aromatic heterocycles. The molecule has 0 saturated carbocycles. The highest BCUT2D eigenvalue weighted by Crippen LogP contribution is 2.23. The van der Waals surface area contributed by atoms with E-state index in [0.717, 1.165) is 5.75 Å². The summed E-state index contributed by atoms with van der Waals surface area (Å²) >= 11 is 0. The van der Waals surface area contributed by atoms with E-state index in [0.29, 0.717) is 18.2 Å².